The summed E-state index contributed by atoms with van der Waals surface area (Å²) in [4.78, 5) is 30.9. The third kappa shape index (κ3) is 3.26. The topological polar surface area (TPSA) is 70.5 Å². The minimum Gasteiger partial charge on any atom is -0.481 e. The molecule has 0 spiro atoms. The van der Waals surface area contributed by atoms with Gasteiger partial charge in [-0.25, -0.2) is 4.98 Å². The largest absolute Gasteiger partial charge is 0.481 e. The van der Waals surface area contributed by atoms with Gasteiger partial charge in [0.25, 0.3) is 0 Å². The summed E-state index contributed by atoms with van der Waals surface area (Å²) >= 11 is 1.68. The molecule has 26 heavy (non-hydrogen) atoms. The molecule has 0 radical (unpaired) electrons. The molecule has 1 amide bonds. The Hall–Kier alpha value is -2.21. The molecule has 0 bridgehead atoms. The van der Waals surface area contributed by atoms with Gasteiger partial charge in [0.05, 0.1) is 27.1 Å². The van der Waals surface area contributed by atoms with Crippen molar-refractivity contribution in [3.63, 3.8) is 0 Å². The Morgan fingerprint density at radius 1 is 1.12 bits per heavy atom. The minimum absolute atomic E-state index is 0.0954. The van der Waals surface area contributed by atoms with E-state index in [0.717, 1.165) is 28.1 Å². The van der Waals surface area contributed by atoms with Crippen LogP contribution in [-0.4, -0.2) is 40.0 Å². The van der Waals surface area contributed by atoms with Crippen LogP contribution in [0, 0.1) is 11.8 Å². The Labute approximate surface area is 156 Å². The van der Waals surface area contributed by atoms with Crippen LogP contribution in [0.1, 0.15) is 36.6 Å². The van der Waals surface area contributed by atoms with Crippen LogP contribution in [0.5, 0.6) is 0 Å². The van der Waals surface area contributed by atoms with E-state index in [0.29, 0.717) is 25.9 Å². The number of carboxylic acid groups (broad SMARTS) is 1. The van der Waals surface area contributed by atoms with Crippen molar-refractivity contribution in [2.45, 2.75) is 31.6 Å². The fourth-order valence-corrected chi connectivity index (χ4v) is 5.14. The van der Waals surface area contributed by atoms with E-state index in [4.69, 9.17) is 10.1 Å². The minimum atomic E-state index is -0.745. The number of para-hydroxylation sites is 1. The third-order valence-corrected chi connectivity index (χ3v) is 6.70. The third-order valence-electron chi connectivity index (χ3n) is 5.53. The molecule has 2 aliphatic rings. The van der Waals surface area contributed by atoms with Crippen LogP contribution in [0.4, 0.5) is 0 Å². The number of likely N-dealkylation sites (tertiary alicyclic amines) is 1. The number of aromatic nitrogens is 1. The fraction of sp³-hybridized carbons (Fsp3) is 0.450. The number of piperidine rings is 1. The highest BCUT2D eigenvalue weighted by Crippen LogP contribution is 2.39. The molecular formula is C20H22N2O3S. The number of allylic oxidation sites excluding steroid dienone is 2. The molecule has 0 unspecified atom stereocenters. The Kier molecular flexibility index (Phi) is 4.76. The molecule has 2 aromatic rings. The Morgan fingerprint density at radius 2 is 1.85 bits per heavy atom. The average Bonchev–Trinajstić information content (AvgIpc) is 3.11. The van der Waals surface area contributed by atoms with Gasteiger partial charge in [-0.3, -0.25) is 9.59 Å². The smallest absolute Gasteiger partial charge is 0.306 e. The van der Waals surface area contributed by atoms with Crippen molar-refractivity contribution >= 4 is 33.4 Å². The van der Waals surface area contributed by atoms with Crippen LogP contribution < -0.4 is 0 Å². The number of aliphatic carboxylic acids is 1. The molecule has 1 saturated heterocycles. The molecule has 5 nitrogen and oxygen atoms in total. The molecule has 6 heteroatoms. The number of carboxylic acids is 1. The second-order valence-corrected chi connectivity index (χ2v) is 8.18. The number of nitrogens with zero attached hydrogens (tertiary/aromatic N) is 2. The zero-order chi connectivity index (χ0) is 18.1. The van der Waals surface area contributed by atoms with Gasteiger partial charge in [0.15, 0.2) is 0 Å². The van der Waals surface area contributed by atoms with E-state index in [9.17, 15) is 9.59 Å². The van der Waals surface area contributed by atoms with E-state index in [1.54, 1.807) is 11.3 Å². The van der Waals surface area contributed by atoms with Gasteiger partial charge in [-0.1, -0.05) is 24.3 Å². The first-order valence-corrected chi connectivity index (χ1v) is 9.97. The summed E-state index contributed by atoms with van der Waals surface area (Å²) in [6.45, 7) is 1.09. The van der Waals surface area contributed by atoms with Crippen molar-refractivity contribution in [3.05, 3.63) is 41.4 Å². The monoisotopic (exact) mass is 370 g/mol. The number of amides is 1. The molecule has 1 aliphatic heterocycles. The molecule has 4 rings (SSSR count). The Balaban J connectivity index is 1.53. The van der Waals surface area contributed by atoms with E-state index >= 15 is 0 Å². The molecule has 136 valence electrons. The van der Waals surface area contributed by atoms with Crippen LogP contribution in [0.25, 0.3) is 10.2 Å². The number of hydrogen-bond acceptors (Lipinski definition) is 4. The lowest BCUT2D eigenvalue weighted by atomic mass is 9.81. The van der Waals surface area contributed by atoms with Gasteiger partial charge in [0.2, 0.25) is 5.91 Å². The predicted molar refractivity (Wildman–Crippen MR) is 101 cm³/mol. The SMILES string of the molecule is O=C(O)C1CCN(C(=O)[C@H]2CC=CC[C@H]2c2nc3ccccc3s2)CC1. The summed E-state index contributed by atoms with van der Waals surface area (Å²) in [5, 5.41) is 10.2. The van der Waals surface area contributed by atoms with Gasteiger partial charge in [-0.15, -0.1) is 11.3 Å². The quantitative estimate of drug-likeness (QED) is 0.837. The lowest BCUT2D eigenvalue weighted by Gasteiger charge is -2.35. The van der Waals surface area contributed by atoms with Crippen LogP contribution >= 0.6 is 11.3 Å². The maximum absolute atomic E-state index is 13.2. The van der Waals surface area contributed by atoms with Crippen LogP contribution in [0.3, 0.4) is 0 Å². The zero-order valence-corrected chi connectivity index (χ0v) is 15.3. The normalized spacial score (nSPS) is 24.1. The number of carbonyl (C=O) groups excluding carboxylic acids is 1. The van der Waals surface area contributed by atoms with E-state index in [1.165, 1.54) is 0 Å². The lowest BCUT2D eigenvalue weighted by Crippen LogP contribution is -2.44. The molecule has 0 saturated carbocycles. The van der Waals surface area contributed by atoms with Crippen LogP contribution in [0.15, 0.2) is 36.4 Å². The van der Waals surface area contributed by atoms with Gasteiger partial charge in [-0.05, 0) is 37.8 Å². The van der Waals surface area contributed by atoms with Crippen molar-refractivity contribution in [1.82, 2.24) is 9.88 Å². The van der Waals surface area contributed by atoms with Gasteiger partial charge in [0.1, 0.15) is 0 Å². The zero-order valence-electron chi connectivity index (χ0n) is 14.5. The lowest BCUT2D eigenvalue weighted by molar-refractivity contribution is -0.147. The van der Waals surface area contributed by atoms with Gasteiger partial charge in [0, 0.05) is 19.0 Å². The van der Waals surface area contributed by atoms with Crippen molar-refractivity contribution in [2.24, 2.45) is 11.8 Å². The highest BCUT2D eigenvalue weighted by molar-refractivity contribution is 7.18. The summed E-state index contributed by atoms with van der Waals surface area (Å²) in [7, 11) is 0. The van der Waals surface area contributed by atoms with E-state index < -0.39 is 5.97 Å². The summed E-state index contributed by atoms with van der Waals surface area (Å²) in [6.07, 6.45) is 6.92. The number of benzene rings is 1. The highest BCUT2D eigenvalue weighted by Gasteiger charge is 2.36. The number of carbonyl (C=O) groups is 2. The Morgan fingerprint density at radius 3 is 2.58 bits per heavy atom. The summed E-state index contributed by atoms with van der Waals surface area (Å²) in [6, 6.07) is 8.09. The second kappa shape index (κ2) is 7.19. The standard InChI is InChI=1S/C20H22N2O3S/c23-19(22-11-9-13(10-12-22)20(24)25)15-6-2-1-5-14(15)18-21-16-7-3-4-8-17(16)26-18/h1-4,7-8,13-15H,5-6,9-12H2,(H,24,25)/t14-,15+/m1/s1. The first kappa shape index (κ1) is 17.2. The van der Waals surface area contributed by atoms with Crippen LogP contribution in [0.2, 0.25) is 0 Å². The number of fused-ring (bicyclic) bond motifs is 1. The van der Waals surface area contributed by atoms with Gasteiger partial charge >= 0.3 is 5.97 Å². The molecule has 1 fully saturated rings. The number of rotatable bonds is 3. The van der Waals surface area contributed by atoms with Gasteiger partial charge < -0.3 is 10.0 Å². The van der Waals surface area contributed by atoms with Crippen LogP contribution in [-0.2, 0) is 9.59 Å². The highest BCUT2D eigenvalue weighted by atomic mass is 32.1. The van der Waals surface area contributed by atoms with Crippen molar-refractivity contribution in [1.29, 1.82) is 0 Å². The second-order valence-electron chi connectivity index (χ2n) is 7.11. The molecule has 1 aromatic heterocycles. The first-order chi connectivity index (χ1) is 12.6. The maximum atomic E-state index is 13.2. The molecule has 1 aliphatic carbocycles. The van der Waals surface area contributed by atoms with E-state index in [1.807, 2.05) is 23.1 Å². The summed E-state index contributed by atoms with van der Waals surface area (Å²) < 4.78 is 1.16. The van der Waals surface area contributed by atoms with E-state index in [2.05, 4.69) is 18.2 Å². The van der Waals surface area contributed by atoms with Crippen molar-refractivity contribution in [3.8, 4) is 0 Å². The fourth-order valence-electron chi connectivity index (χ4n) is 3.99. The van der Waals surface area contributed by atoms with Crippen molar-refractivity contribution in [2.75, 3.05) is 13.1 Å². The molecule has 2 atom stereocenters. The number of thiazole rings is 1. The summed E-state index contributed by atoms with van der Waals surface area (Å²) in [5.41, 5.74) is 0.996. The molecule has 1 aromatic carbocycles. The maximum Gasteiger partial charge on any atom is 0.306 e. The van der Waals surface area contributed by atoms with Gasteiger partial charge in [-0.2, -0.15) is 0 Å². The number of hydrogen-bond donors (Lipinski definition) is 1. The van der Waals surface area contributed by atoms with Crippen molar-refractivity contribution < 1.29 is 14.7 Å². The first-order valence-electron chi connectivity index (χ1n) is 9.15. The molecule has 1 N–H and O–H groups in total. The van der Waals surface area contributed by atoms with E-state index in [-0.39, 0.29) is 23.7 Å². The average molecular weight is 370 g/mol. The molecule has 2 heterocycles. The Bertz CT molecular complexity index is 819. The summed E-state index contributed by atoms with van der Waals surface area (Å²) in [5.74, 6) is -0.887. The molecular weight excluding hydrogens is 348 g/mol. The predicted octanol–water partition coefficient (Wildman–Crippen LogP) is 3.67.